The van der Waals surface area contributed by atoms with Crippen LogP contribution in [0.4, 0.5) is 0 Å². The van der Waals surface area contributed by atoms with Gasteiger partial charge in [-0.2, -0.15) is 0 Å². The van der Waals surface area contributed by atoms with Crippen LogP contribution >= 0.6 is 0 Å². The van der Waals surface area contributed by atoms with E-state index in [1.165, 1.54) is 49.7 Å². The van der Waals surface area contributed by atoms with Crippen LogP contribution < -0.4 is 0 Å². The van der Waals surface area contributed by atoms with Crippen molar-refractivity contribution in [1.29, 1.82) is 0 Å². The van der Waals surface area contributed by atoms with E-state index in [-0.39, 0.29) is 0 Å². The number of hydrogen-bond donors (Lipinski definition) is 0. The van der Waals surface area contributed by atoms with Gasteiger partial charge in [0.1, 0.15) is 0 Å². The van der Waals surface area contributed by atoms with Crippen LogP contribution in [-0.2, 0) is 24.2 Å². The van der Waals surface area contributed by atoms with E-state index in [1.807, 2.05) is 0 Å². The molecule has 0 radical (unpaired) electrons. The number of rotatable bonds is 17. The predicted molar refractivity (Wildman–Crippen MR) is 244 cm³/mol. The van der Waals surface area contributed by atoms with E-state index in [9.17, 15) is 0 Å². The zero-order valence-electron chi connectivity index (χ0n) is 34.0. The van der Waals surface area contributed by atoms with Crippen molar-refractivity contribution in [3.05, 3.63) is 214 Å². The summed E-state index contributed by atoms with van der Waals surface area (Å²) in [5.74, 6) is 0. The molecule has 8 rings (SSSR count). The molecule has 290 valence electrons. The van der Waals surface area contributed by atoms with E-state index in [4.69, 9.17) is 20.0 Å². The molecule has 0 N–H and O–H groups in total. The molecular formula is C54H54N4. The van der Waals surface area contributed by atoms with Crippen molar-refractivity contribution in [2.45, 2.75) is 89.4 Å². The van der Waals surface area contributed by atoms with Crippen molar-refractivity contribution >= 4 is 22.8 Å². The Bertz CT molecular complexity index is 2130. The molecule has 58 heavy (non-hydrogen) atoms. The van der Waals surface area contributed by atoms with Crippen molar-refractivity contribution < 1.29 is 0 Å². The van der Waals surface area contributed by atoms with Crippen LogP contribution in [0.2, 0.25) is 0 Å². The number of aryl methyl sites for hydroxylation is 2. The van der Waals surface area contributed by atoms with Crippen molar-refractivity contribution in [1.82, 2.24) is 0 Å². The van der Waals surface area contributed by atoms with Crippen molar-refractivity contribution in [3.8, 4) is 0 Å². The molecule has 6 aromatic rings. The molecule has 0 amide bonds. The maximum atomic E-state index is 6.06. The van der Waals surface area contributed by atoms with Gasteiger partial charge in [-0.25, -0.2) is 20.0 Å². The fraction of sp³-hybridized carbons (Fsp3) is 0.259. The number of hydrogen-bond acceptors (Lipinski definition) is 4. The third-order valence-corrected chi connectivity index (χ3v) is 11.6. The summed E-state index contributed by atoms with van der Waals surface area (Å²) in [4.78, 5) is 24.2. The highest BCUT2D eigenvalue weighted by Gasteiger charge is 2.61. The van der Waals surface area contributed by atoms with Gasteiger partial charge in [-0.15, -0.1) is 0 Å². The normalized spacial score (nSPS) is 15.4. The molecule has 0 fully saturated rings. The van der Waals surface area contributed by atoms with Crippen LogP contribution in [0.15, 0.2) is 190 Å². The maximum absolute atomic E-state index is 6.06. The molecule has 0 atom stereocenters. The third-order valence-electron chi connectivity index (χ3n) is 11.6. The molecule has 0 aromatic heterocycles. The molecule has 0 bridgehead atoms. The van der Waals surface area contributed by atoms with E-state index in [0.717, 1.165) is 81.9 Å². The molecule has 6 aromatic carbocycles. The largest absolute Gasteiger partial charge is 0.243 e. The average molecular weight is 759 g/mol. The van der Waals surface area contributed by atoms with Gasteiger partial charge in [-0.1, -0.05) is 222 Å². The zero-order valence-corrected chi connectivity index (χ0v) is 34.0. The van der Waals surface area contributed by atoms with E-state index < -0.39 is 11.3 Å². The predicted octanol–water partition coefficient (Wildman–Crippen LogP) is 12.9. The molecule has 2 aliphatic heterocycles. The Morgan fingerprint density at radius 1 is 0.310 bits per heavy atom. The van der Waals surface area contributed by atoms with Gasteiger partial charge >= 0.3 is 0 Å². The molecule has 0 saturated carbocycles. The lowest BCUT2D eigenvalue weighted by molar-refractivity contribution is 0.253. The Labute approximate surface area is 345 Å². The minimum Gasteiger partial charge on any atom is -0.243 e. The highest BCUT2D eigenvalue weighted by Crippen LogP contribution is 2.56. The lowest BCUT2D eigenvalue weighted by Crippen LogP contribution is -2.44. The van der Waals surface area contributed by atoms with Crippen LogP contribution in [0.5, 0.6) is 0 Å². The standard InChI is InChI=1S/C54H54N4/c1-3-5-7-13-27-41-29-23-25-39-47(41)53(55-49(43-31-15-9-16-32-43)50(56-53)44-33-17-10-18-34-44)54(48-40-26-24-30-42(48)28-14-8-6-4-2)57-51(45-35-19-11-20-36-45)52(58-54)46-37-21-12-22-38-46/h9-12,15-26,29-40H,3-8,13-14,27-28H2,1-2H3. The molecule has 0 aliphatic carbocycles. The minimum atomic E-state index is -1.29. The number of nitrogens with zero attached hydrogens (tertiary/aromatic N) is 4. The van der Waals surface area contributed by atoms with Crippen molar-refractivity contribution in [2.75, 3.05) is 0 Å². The van der Waals surface area contributed by atoms with Gasteiger partial charge in [0.2, 0.25) is 11.3 Å². The first kappa shape index (κ1) is 38.9. The first-order chi connectivity index (χ1) is 28.7. The second kappa shape index (κ2) is 18.1. The smallest absolute Gasteiger partial charge is 0.226 e. The second-order valence-electron chi connectivity index (χ2n) is 15.6. The van der Waals surface area contributed by atoms with Gasteiger partial charge in [0, 0.05) is 33.4 Å². The number of benzene rings is 6. The average Bonchev–Trinajstić information content (AvgIpc) is 3.91. The minimum absolute atomic E-state index is 0.854. The molecule has 2 heterocycles. The summed E-state index contributed by atoms with van der Waals surface area (Å²) in [5, 5.41) is 0. The van der Waals surface area contributed by atoms with Crippen molar-refractivity contribution in [3.63, 3.8) is 0 Å². The van der Waals surface area contributed by atoms with E-state index in [1.54, 1.807) is 0 Å². The van der Waals surface area contributed by atoms with Crippen molar-refractivity contribution in [2.24, 2.45) is 20.0 Å². The lowest BCUT2D eigenvalue weighted by atomic mass is 9.77. The first-order valence-corrected chi connectivity index (χ1v) is 21.5. The van der Waals surface area contributed by atoms with Gasteiger partial charge in [0.05, 0.1) is 22.8 Å². The van der Waals surface area contributed by atoms with E-state index in [2.05, 4.69) is 184 Å². The topological polar surface area (TPSA) is 49.4 Å². The Balaban J connectivity index is 1.51. The summed E-state index contributed by atoms with van der Waals surface area (Å²) in [7, 11) is 0. The van der Waals surface area contributed by atoms with Gasteiger partial charge in [0.25, 0.3) is 0 Å². The molecule has 0 saturated heterocycles. The highest BCUT2D eigenvalue weighted by atomic mass is 15.3. The zero-order chi connectivity index (χ0) is 39.6. The molecule has 4 nitrogen and oxygen atoms in total. The molecule has 0 spiro atoms. The summed E-state index contributed by atoms with van der Waals surface area (Å²) >= 11 is 0. The highest BCUT2D eigenvalue weighted by molar-refractivity contribution is 6.55. The summed E-state index contributed by atoms with van der Waals surface area (Å²) in [6, 6.07) is 60.0. The first-order valence-electron chi connectivity index (χ1n) is 21.5. The van der Waals surface area contributed by atoms with Gasteiger partial charge in [-0.3, -0.25) is 0 Å². The molecule has 0 unspecified atom stereocenters. The van der Waals surface area contributed by atoms with Gasteiger partial charge in [-0.05, 0) is 36.8 Å². The SMILES string of the molecule is CCCCCCc1ccccc1C1(C2(c3ccccc3CCCCCC)N=C(c3ccccc3)C(c3ccccc3)=N2)N=C(c2ccccc2)C(c2ccccc2)=N1. The molecule has 2 aliphatic rings. The Kier molecular flexibility index (Phi) is 12.1. The quantitative estimate of drug-likeness (QED) is 0.0832. The Hall–Kier alpha value is -6.00. The number of unbranched alkanes of at least 4 members (excludes halogenated alkanes) is 6. The molecule has 4 heteroatoms. The maximum Gasteiger partial charge on any atom is 0.226 e. The van der Waals surface area contributed by atoms with E-state index in [0.29, 0.717) is 0 Å². The van der Waals surface area contributed by atoms with Crippen LogP contribution in [0.1, 0.15) is 110 Å². The summed E-state index contributed by atoms with van der Waals surface area (Å²) in [6.45, 7) is 4.55. The monoisotopic (exact) mass is 758 g/mol. The fourth-order valence-electron chi connectivity index (χ4n) is 8.67. The van der Waals surface area contributed by atoms with Crippen LogP contribution in [-0.4, -0.2) is 22.8 Å². The van der Waals surface area contributed by atoms with Crippen LogP contribution in [0, 0.1) is 0 Å². The Morgan fingerprint density at radius 2 is 0.586 bits per heavy atom. The lowest BCUT2D eigenvalue weighted by Gasteiger charge is -2.40. The summed E-state index contributed by atoms with van der Waals surface area (Å²) in [6.07, 6.45) is 11.2. The third kappa shape index (κ3) is 7.68. The van der Waals surface area contributed by atoms with E-state index >= 15 is 0 Å². The summed E-state index contributed by atoms with van der Waals surface area (Å²) in [5.41, 5.74) is 9.52. The van der Waals surface area contributed by atoms with Gasteiger partial charge in [0.15, 0.2) is 0 Å². The fourth-order valence-corrected chi connectivity index (χ4v) is 8.67. The molecular weight excluding hydrogens is 705 g/mol. The number of aliphatic imine (C=N–C) groups is 4. The second-order valence-corrected chi connectivity index (χ2v) is 15.6. The Morgan fingerprint density at radius 3 is 0.879 bits per heavy atom. The summed E-state index contributed by atoms with van der Waals surface area (Å²) < 4.78 is 0. The van der Waals surface area contributed by atoms with Crippen LogP contribution in [0.25, 0.3) is 0 Å². The van der Waals surface area contributed by atoms with Gasteiger partial charge < -0.3 is 0 Å². The van der Waals surface area contributed by atoms with Crippen LogP contribution in [0.3, 0.4) is 0 Å².